The lowest BCUT2D eigenvalue weighted by molar-refractivity contribution is -0.121. The largest absolute Gasteiger partial charge is 0.462 e. The van der Waals surface area contributed by atoms with Gasteiger partial charge in [0.1, 0.15) is 10.5 Å². The van der Waals surface area contributed by atoms with Crippen molar-refractivity contribution < 1.29 is 32.2 Å². The highest BCUT2D eigenvalue weighted by Gasteiger charge is 2.33. The lowest BCUT2D eigenvalue weighted by Gasteiger charge is -2.18. The molecule has 0 aliphatic carbocycles. The van der Waals surface area contributed by atoms with Crippen LogP contribution >= 0.6 is 0 Å². The molecule has 31 heavy (non-hydrogen) atoms. The number of nitrogens with zero attached hydrogens (tertiary/aromatic N) is 1. The number of carbonyl (C=O) groups is 2. The number of esters is 1. The maximum atomic E-state index is 13.1. The van der Waals surface area contributed by atoms with E-state index in [0.717, 1.165) is 9.87 Å². The molecule has 0 unspecified atom stereocenters. The molecule has 10 nitrogen and oxygen atoms in total. The topological polar surface area (TPSA) is 127 Å². The van der Waals surface area contributed by atoms with E-state index in [0.29, 0.717) is 22.9 Å². The Balaban J connectivity index is 1.70. The predicted octanol–water partition coefficient (Wildman–Crippen LogP) is 1.47. The normalized spacial score (nSPS) is 12.8. The highest BCUT2D eigenvalue weighted by atomic mass is 32.2. The predicted molar refractivity (Wildman–Crippen MR) is 110 cm³/mol. The minimum atomic E-state index is -4.12. The lowest BCUT2D eigenvalue weighted by Crippen LogP contribution is -2.38. The summed E-state index contributed by atoms with van der Waals surface area (Å²) in [6.07, 6.45) is 0. The molecule has 0 atom stereocenters. The van der Waals surface area contributed by atoms with Gasteiger partial charge in [0, 0.05) is 25.0 Å². The van der Waals surface area contributed by atoms with Crippen LogP contribution in [0.15, 0.2) is 23.1 Å². The summed E-state index contributed by atoms with van der Waals surface area (Å²) in [7, 11) is -2.84. The number of aromatic amines is 1. The Kier molecular flexibility index (Phi) is 6.56. The van der Waals surface area contributed by atoms with Gasteiger partial charge in [0.15, 0.2) is 11.5 Å². The van der Waals surface area contributed by atoms with Crippen LogP contribution in [-0.2, 0) is 26.1 Å². The summed E-state index contributed by atoms with van der Waals surface area (Å²) in [4.78, 5) is 27.4. The molecule has 0 saturated heterocycles. The van der Waals surface area contributed by atoms with E-state index in [4.69, 9.17) is 14.2 Å². The van der Waals surface area contributed by atoms with E-state index in [-0.39, 0.29) is 30.4 Å². The molecule has 0 bridgehead atoms. The molecule has 11 heteroatoms. The Morgan fingerprint density at radius 2 is 1.90 bits per heavy atom. The number of ether oxygens (including phenoxy) is 3. The summed E-state index contributed by atoms with van der Waals surface area (Å²) < 4.78 is 42.7. The van der Waals surface area contributed by atoms with Crippen molar-refractivity contribution in [1.29, 1.82) is 0 Å². The number of carbonyl (C=O) groups excluding carboxylic acids is 2. The number of amides is 1. The van der Waals surface area contributed by atoms with Crippen molar-refractivity contribution >= 4 is 21.9 Å². The average molecular weight is 452 g/mol. The Morgan fingerprint density at radius 3 is 2.61 bits per heavy atom. The van der Waals surface area contributed by atoms with Crippen molar-refractivity contribution in [2.75, 3.05) is 27.0 Å². The van der Waals surface area contributed by atoms with Gasteiger partial charge in [-0.05, 0) is 38.5 Å². The Bertz CT molecular complexity index is 1110. The minimum absolute atomic E-state index is 0.0491. The summed E-state index contributed by atoms with van der Waals surface area (Å²) in [5.41, 5.74) is 1.42. The molecular weight excluding hydrogens is 426 g/mol. The molecule has 0 radical (unpaired) electrons. The van der Waals surface area contributed by atoms with Gasteiger partial charge in [-0.2, -0.15) is 4.31 Å². The lowest BCUT2D eigenvalue weighted by atomic mass is 10.2. The standard InChI is InChI=1S/C20H25N3O7S/c1-5-28-20(25)18-12(2)22-13(3)19(18)31(26,27)23(4)10-17(24)21-9-14-6-7-15-16(8-14)30-11-29-15/h6-8,22H,5,9-11H2,1-4H3,(H,21,24). The smallest absolute Gasteiger partial charge is 0.341 e. The third-order valence-corrected chi connectivity index (χ3v) is 6.73. The number of hydrogen-bond donors (Lipinski definition) is 2. The molecule has 1 aliphatic heterocycles. The van der Waals surface area contributed by atoms with Crippen LogP contribution in [-0.4, -0.2) is 56.6 Å². The van der Waals surface area contributed by atoms with Crippen molar-refractivity contribution in [1.82, 2.24) is 14.6 Å². The third-order valence-electron chi connectivity index (χ3n) is 4.76. The first-order valence-corrected chi connectivity index (χ1v) is 11.1. The van der Waals surface area contributed by atoms with Crippen LogP contribution in [0.2, 0.25) is 0 Å². The van der Waals surface area contributed by atoms with Crippen molar-refractivity contribution in [2.24, 2.45) is 0 Å². The molecule has 1 aromatic carbocycles. The molecule has 1 aliphatic rings. The van der Waals surface area contributed by atoms with E-state index in [1.165, 1.54) is 7.05 Å². The second-order valence-corrected chi connectivity index (χ2v) is 9.01. The maximum absolute atomic E-state index is 13.1. The van der Waals surface area contributed by atoms with E-state index >= 15 is 0 Å². The van der Waals surface area contributed by atoms with Gasteiger partial charge in [0.05, 0.1) is 13.2 Å². The Hall–Kier alpha value is -3.05. The van der Waals surface area contributed by atoms with Crippen LogP contribution in [0.25, 0.3) is 0 Å². The monoisotopic (exact) mass is 451 g/mol. The Labute approximate surface area is 180 Å². The van der Waals surface area contributed by atoms with Crippen LogP contribution in [0.4, 0.5) is 0 Å². The van der Waals surface area contributed by atoms with E-state index < -0.39 is 28.4 Å². The van der Waals surface area contributed by atoms with Crippen LogP contribution < -0.4 is 14.8 Å². The first kappa shape index (κ1) is 22.6. The van der Waals surface area contributed by atoms with Crippen LogP contribution in [0.3, 0.4) is 0 Å². The fourth-order valence-electron chi connectivity index (χ4n) is 3.28. The number of H-pyrrole nitrogens is 1. The Morgan fingerprint density at radius 1 is 1.19 bits per heavy atom. The number of hydrogen-bond acceptors (Lipinski definition) is 7. The van der Waals surface area contributed by atoms with Gasteiger partial charge >= 0.3 is 5.97 Å². The number of benzene rings is 1. The first-order valence-electron chi connectivity index (χ1n) is 9.63. The van der Waals surface area contributed by atoms with Crippen LogP contribution in [0, 0.1) is 13.8 Å². The molecule has 0 spiro atoms. The zero-order chi connectivity index (χ0) is 22.8. The number of nitrogens with one attached hydrogen (secondary N) is 2. The molecule has 1 aromatic heterocycles. The fourth-order valence-corrected chi connectivity index (χ4v) is 4.81. The van der Waals surface area contributed by atoms with E-state index in [2.05, 4.69) is 10.3 Å². The van der Waals surface area contributed by atoms with Gasteiger partial charge in [0.25, 0.3) is 0 Å². The highest BCUT2D eigenvalue weighted by Crippen LogP contribution is 2.32. The number of aryl methyl sites for hydroxylation is 2. The average Bonchev–Trinajstić information content (AvgIpc) is 3.29. The number of rotatable bonds is 8. The van der Waals surface area contributed by atoms with Crippen molar-refractivity contribution in [3.63, 3.8) is 0 Å². The van der Waals surface area contributed by atoms with Gasteiger partial charge in [0.2, 0.25) is 22.7 Å². The fraction of sp³-hybridized carbons (Fsp3) is 0.400. The second-order valence-electron chi connectivity index (χ2n) is 7.03. The van der Waals surface area contributed by atoms with E-state index in [1.54, 1.807) is 39.0 Å². The molecule has 2 aromatic rings. The molecule has 0 fully saturated rings. The molecule has 2 heterocycles. The summed E-state index contributed by atoms with van der Waals surface area (Å²) >= 11 is 0. The number of aromatic nitrogens is 1. The highest BCUT2D eigenvalue weighted by molar-refractivity contribution is 7.89. The summed E-state index contributed by atoms with van der Waals surface area (Å²) in [5.74, 6) is 0.00152. The second kappa shape index (κ2) is 8.98. The zero-order valence-corrected chi connectivity index (χ0v) is 18.6. The molecule has 0 saturated carbocycles. The molecule has 1 amide bonds. The number of fused-ring (bicyclic) bond motifs is 1. The van der Waals surface area contributed by atoms with Crippen molar-refractivity contribution in [2.45, 2.75) is 32.2 Å². The van der Waals surface area contributed by atoms with Crippen molar-refractivity contribution in [3.8, 4) is 11.5 Å². The first-order chi connectivity index (χ1) is 14.6. The number of likely N-dealkylation sites (N-methyl/N-ethyl adjacent to an activating group) is 1. The van der Waals surface area contributed by atoms with E-state index in [1.807, 2.05) is 0 Å². The zero-order valence-electron chi connectivity index (χ0n) is 17.8. The summed E-state index contributed by atoms with van der Waals surface area (Å²) in [6.45, 7) is 4.82. The van der Waals surface area contributed by atoms with Crippen molar-refractivity contribution in [3.05, 3.63) is 40.7 Å². The maximum Gasteiger partial charge on any atom is 0.341 e. The number of sulfonamides is 1. The van der Waals surface area contributed by atoms with Crippen LogP contribution in [0.5, 0.6) is 11.5 Å². The van der Waals surface area contributed by atoms with Crippen LogP contribution in [0.1, 0.15) is 34.2 Å². The summed E-state index contributed by atoms with van der Waals surface area (Å²) in [6, 6.07) is 5.28. The SMILES string of the molecule is CCOC(=O)c1c(C)[nH]c(C)c1S(=O)(=O)N(C)CC(=O)NCc1ccc2c(c1)OCO2. The summed E-state index contributed by atoms with van der Waals surface area (Å²) in [5, 5.41) is 2.68. The van der Waals surface area contributed by atoms with Gasteiger partial charge in [-0.25, -0.2) is 13.2 Å². The van der Waals surface area contributed by atoms with Gasteiger partial charge in [-0.3, -0.25) is 4.79 Å². The molecular formula is C20H25N3O7S. The minimum Gasteiger partial charge on any atom is -0.462 e. The van der Waals surface area contributed by atoms with E-state index in [9.17, 15) is 18.0 Å². The molecule has 2 N–H and O–H groups in total. The molecule has 3 rings (SSSR count). The quantitative estimate of drug-likeness (QED) is 0.582. The third kappa shape index (κ3) is 4.67. The molecule has 168 valence electrons. The van der Waals surface area contributed by atoms with Gasteiger partial charge in [-0.1, -0.05) is 6.07 Å². The van der Waals surface area contributed by atoms with Gasteiger partial charge in [-0.15, -0.1) is 0 Å². The van der Waals surface area contributed by atoms with Gasteiger partial charge < -0.3 is 24.5 Å².